The molecule has 32 heavy (non-hydrogen) atoms. The molecule has 4 aromatic rings. The van der Waals surface area contributed by atoms with Crippen molar-refractivity contribution in [3.8, 4) is 0 Å². The molecular weight excluding hydrogens is 404 g/mol. The quantitative estimate of drug-likeness (QED) is 0.445. The molecule has 0 fully saturated rings. The van der Waals surface area contributed by atoms with Gasteiger partial charge in [0.15, 0.2) is 0 Å². The number of aromatic nitrogens is 3. The molecule has 2 aromatic carbocycles. The van der Waals surface area contributed by atoms with Crippen LogP contribution in [-0.4, -0.2) is 37.8 Å². The van der Waals surface area contributed by atoms with Gasteiger partial charge in [0.1, 0.15) is 5.82 Å². The molecule has 2 amide bonds. The first-order valence-electron chi connectivity index (χ1n) is 10.5. The number of benzene rings is 2. The molecular formula is C25H20N4O3. The summed E-state index contributed by atoms with van der Waals surface area (Å²) in [5.74, 6) is -0.0690. The lowest BCUT2D eigenvalue weighted by Crippen LogP contribution is -2.34. The first kappa shape index (κ1) is 19.8. The number of hydrogen-bond donors (Lipinski definition) is 0. The fourth-order valence-corrected chi connectivity index (χ4v) is 4.08. The number of hydrogen-bond acceptors (Lipinski definition) is 5. The zero-order chi connectivity index (χ0) is 22.1. The van der Waals surface area contributed by atoms with E-state index in [0.29, 0.717) is 47.2 Å². The Morgan fingerprint density at radius 3 is 2.19 bits per heavy atom. The van der Waals surface area contributed by atoms with E-state index in [1.165, 1.54) is 4.90 Å². The Bertz CT molecular complexity index is 1360. The van der Waals surface area contributed by atoms with Crippen LogP contribution in [0.25, 0.3) is 10.9 Å². The van der Waals surface area contributed by atoms with Gasteiger partial charge in [0.05, 0.1) is 22.0 Å². The molecule has 3 heterocycles. The van der Waals surface area contributed by atoms with Gasteiger partial charge in [-0.3, -0.25) is 28.8 Å². The number of amides is 2. The van der Waals surface area contributed by atoms with Crippen LogP contribution in [0, 0.1) is 0 Å². The fraction of sp³-hybridized carbons (Fsp3) is 0.160. The van der Waals surface area contributed by atoms with Gasteiger partial charge in [-0.15, -0.1) is 0 Å². The van der Waals surface area contributed by atoms with E-state index in [1.807, 2.05) is 24.3 Å². The molecule has 0 bridgehead atoms. The van der Waals surface area contributed by atoms with E-state index in [4.69, 9.17) is 4.98 Å². The molecule has 2 aromatic heterocycles. The van der Waals surface area contributed by atoms with E-state index in [0.717, 1.165) is 5.56 Å². The summed E-state index contributed by atoms with van der Waals surface area (Å²) in [7, 11) is 0. The van der Waals surface area contributed by atoms with E-state index in [-0.39, 0.29) is 23.9 Å². The van der Waals surface area contributed by atoms with Crippen molar-refractivity contribution in [2.45, 2.75) is 19.4 Å². The summed E-state index contributed by atoms with van der Waals surface area (Å²) >= 11 is 0. The lowest BCUT2D eigenvalue weighted by Gasteiger charge is -2.17. The van der Waals surface area contributed by atoms with E-state index in [1.54, 1.807) is 53.4 Å². The molecule has 7 nitrogen and oxygen atoms in total. The molecule has 0 aliphatic carbocycles. The standard InChI is InChI=1S/C25H20N4O3/c30-23-18-7-1-2-8-19(18)24(31)29(23)15-12-22-27-21-10-4-3-9-20(21)25(32)28(22)14-11-17-6-5-13-26-16-17/h1-10,13,16H,11-12,14-15H2. The Labute approximate surface area is 184 Å². The Kier molecular flexibility index (Phi) is 5.07. The van der Waals surface area contributed by atoms with Gasteiger partial charge in [-0.1, -0.05) is 30.3 Å². The molecule has 0 N–H and O–H groups in total. The zero-order valence-corrected chi connectivity index (χ0v) is 17.3. The third-order valence-electron chi connectivity index (χ3n) is 5.72. The average Bonchev–Trinajstić information content (AvgIpc) is 3.07. The second-order valence-corrected chi connectivity index (χ2v) is 7.67. The Morgan fingerprint density at radius 1 is 0.750 bits per heavy atom. The first-order chi connectivity index (χ1) is 15.6. The van der Waals surface area contributed by atoms with Gasteiger partial charge in [0.25, 0.3) is 17.4 Å². The van der Waals surface area contributed by atoms with Crippen LogP contribution in [0.4, 0.5) is 0 Å². The molecule has 0 atom stereocenters. The molecule has 158 valence electrons. The van der Waals surface area contributed by atoms with Crippen molar-refractivity contribution < 1.29 is 9.59 Å². The summed E-state index contributed by atoms with van der Waals surface area (Å²) in [5.41, 5.74) is 2.32. The van der Waals surface area contributed by atoms with E-state index >= 15 is 0 Å². The lowest BCUT2D eigenvalue weighted by atomic mass is 10.1. The predicted octanol–water partition coefficient (Wildman–Crippen LogP) is 2.87. The van der Waals surface area contributed by atoms with Crippen molar-refractivity contribution >= 4 is 22.7 Å². The molecule has 0 saturated heterocycles. The summed E-state index contributed by atoms with van der Waals surface area (Å²) in [4.78, 5) is 48.7. The third-order valence-corrected chi connectivity index (χ3v) is 5.72. The monoisotopic (exact) mass is 424 g/mol. The summed E-state index contributed by atoms with van der Waals surface area (Å²) in [6.45, 7) is 0.587. The Morgan fingerprint density at radius 2 is 1.47 bits per heavy atom. The topological polar surface area (TPSA) is 85.2 Å². The van der Waals surface area contributed by atoms with Crippen molar-refractivity contribution in [3.05, 3.63) is 106 Å². The number of fused-ring (bicyclic) bond motifs is 2. The lowest BCUT2D eigenvalue weighted by molar-refractivity contribution is 0.0655. The molecule has 7 heteroatoms. The Hall–Kier alpha value is -4.13. The largest absolute Gasteiger partial charge is 0.296 e. The van der Waals surface area contributed by atoms with Gasteiger partial charge in [0.2, 0.25) is 0 Å². The smallest absolute Gasteiger partial charge is 0.261 e. The molecule has 0 spiro atoms. The van der Waals surface area contributed by atoms with Crippen LogP contribution in [0.3, 0.4) is 0 Å². The summed E-state index contributed by atoms with van der Waals surface area (Å²) in [6, 6.07) is 17.8. The number of nitrogens with zero attached hydrogens (tertiary/aromatic N) is 4. The number of rotatable bonds is 6. The minimum atomic E-state index is -0.310. The maximum absolute atomic E-state index is 13.2. The highest BCUT2D eigenvalue weighted by molar-refractivity contribution is 6.21. The van der Waals surface area contributed by atoms with Gasteiger partial charge in [-0.2, -0.15) is 0 Å². The average molecular weight is 424 g/mol. The normalized spacial score (nSPS) is 13.1. The predicted molar refractivity (Wildman–Crippen MR) is 119 cm³/mol. The van der Waals surface area contributed by atoms with Crippen LogP contribution < -0.4 is 5.56 Å². The molecule has 1 aliphatic rings. The molecule has 0 saturated carbocycles. The number of pyridine rings is 1. The minimum absolute atomic E-state index is 0.128. The fourth-order valence-electron chi connectivity index (χ4n) is 4.08. The summed E-state index contributed by atoms with van der Waals surface area (Å²) in [5, 5.41) is 0.545. The van der Waals surface area contributed by atoms with E-state index < -0.39 is 0 Å². The maximum atomic E-state index is 13.2. The second kappa shape index (κ2) is 8.19. The Balaban J connectivity index is 1.46. The highest BCUT2D eigenvalue weighted by Crippen LogP contribution is 2.22. The highest BCUT2D eigenvalue weighted by Gasteiger charge is 2.34. The van der Waals surface area contributed by atoms with Crippen LogP contribution in [-0.2, 0) is 19.4 Å². The van der Waals surface area contributed by atoms with Crippen molar-refractivity contribution in [1.29, 1.82) is 0 Å². The van der Waals surface area contributed by atoms with Crippen molar-refractivity contribution in [2.75, 3.05) is 6.54 Å². The number of carbonyl (C=O) groups is 2. The van der Waals surface area contributed by atoms with E-state index in [9.17, 15) is 14.4 Å². The number of aryl methyl sites for hydroxylation is 1. The first-order valence-corrected chi connectivity index (χ1v) is 10.5. The zero-order valence-electron chi connectivity index (χ0n) is 17.3. The molecule has 0 unspecified atom stereocenters. The second-order valence-electron chi connectivity index (χ2n) is 7.67. The van der Waals surface area contributed by atoms with Crippen LogP contribution >= 0.6 is 0 Å². The number of imide groups is 1. The van der Waals surface area contributed by atoms with Crippen LogP contribution in [0.15, 0.2) is 77.9 Å². The van der Waals surface area contributed by atoms with Crippen LogP contribution in [0.2, 0.25) is 0 Å². The van der Waals surface area contributed by atoms with Gasteiger partial charge < -0.3 is 0 Å². The van der Waals surface area contributed by atoms with Gasteiger partial charge in [-0.25, -0.2) is 4.98 Å². The maximum Gasteiger partial charge on any atom is 0.261 e. The van der Waals surface area contributed by atoms with Crippen molar-refractivity contribution in [1.82, 2.24) is 19.4 Å². The van der Waals surface area contributed by atoms with Crippen LogP contribution in [0.1, 0.15) is 32.1 Å². The molecule has 0 radical (unpaired) electrons. The SMILES string of the molecule is O=C1c2ccccc2C(=O)N1CCc1nc2ccccc2c(=O)n1CCc1cccnc1. The van der Waals surface area contributed by atoms with Crippen molar-refractivity contribution in [2.24, 2.45) is 0 Å². The van der Waals surface area contributed by atoms with Crippen molar-refractivity contribution in [3.63, 3.8) is 0 Å². The van der Waals surface area contributed by atoms with Gasteiger partial charge in [0, 0.05) is 31.9 Å². The highest BCUT2D eigenvalue weighted by atomic mass is 16.2. The van der Waals surface area contributed by atoms with E-state index in [2.05, 4.69) is 4.98 Å². The molecule has 5 rings (SSSR count). The number of carbonyl (C=O) groups excluding carboxylic acids is 2. The summed E-state index contributed by atoms with van der Waals surface area (Å²) < 4.78 is 1.65. The molecule has 1 aliphatic heterocycles. The third kappa shape index (κ3) is 3.47. The number of para-hydroxylation sites is 1. The summed E-state index contributed by atoms with van der Waals surface area (Å²) in [6.07, 6.45) is 4.39. The van der Waals surface area contributed by atoms with Crippen LogP contribution in [0.5, 0.6) is 0 Å². The van der Waals surface area contributed by atoms with Gasteiger partial charge in [-0.05, 0) is 42.3 Å². The minimum Gasteiger partial charge on any atom is -0.296 e. The van der Waals surface area contributed by atoms with Gasteiger partial charge >= 0.3 is 0 Å².